The highest BCUT2D eigenvalue weighted by Gasteiger charge is 2.14. The number of aromatic amines is 1. The molecule has 0 aromatic carbocycles. The van der Waals surface area contributed by atoms with Crippen LogP contribution in [-0.4, -0.2) is 41.6 Å². The number of fused-ring (bicyclic) bond motifs is 1. The van der Waals surface area contributed by atoms with E-state index < -0.39 is 0 Å². The summed E-state index contributed by atoms with van der Waals surface area (Å²) in [4.78, 5) is 25.1. The van der Waals surface area contributed by atoms with E-state index >= 15 is 0 Å². The van der Waals surface area contributed by atoms with Crippen LogP contribution in [0.3, 0.4) is 0 Å². The molecule has 1 atom stereocenters. The molecule has 3 N–H and O–H groups in total. The van der Waals surface area contributed by atoms with Gasteiger partial charge in [-0.1, -0.05) is 0 Å². The molecule has 0 saturated carbocycles. The molecule has 27 heavy (non-hydrogen) atoms. The molecule has 0 radical (unpaired) electrons. The first kappa shape index (κ1) is 16.8. The SMILES string of the molecule is COc1cnc([C@H](C)Nc2nc(Nc3cn(C)cn3)c3cc[nH]c3n2)nc1. The van der Waals surface area contributed by atoms with E-state index in [0.29, 0.717) is 34.8 Å². The van der Waals surface area contributed by atoms with E-state index in [1.54, 1.807) is 25.8 Å². The lowest BCUT2D eigenvalue weighted by molar-refractivity contribution is 0.409. The zero-order valence-electron chi connectivity index (χ0n) is 15.1. The van der Waals surface area contributed by atoms with Gasteiger partial charge >= 0.3 is 0 Å². The lowest BCUT2D eigenvalue weighted by Crippen LogP contribution is -2.13. The summed E-state index contributed by atoms with van der Waals surface area (Å²) in [7, 11) is 3.49. The third-order valence-electron chi connectivity index (χ3n) is 3.98. The minimum atomic E-state index is -0.189. The van der Waals surface area contributed by atoms with Crippen LogP contribution >= 0.6 is 0 Å². The van der Waals surface area contributed by atoms with Crippen molar-refractivity contribution in [2.45, 2.75) is 13.0 Å². The first-order valence-electron chi connectivity index (χ1n) is 8.35. The van der Waals surface area contributed by atoms with Crippen LogP contribution < -0.4 is 15.4 Å². The zero-order valence-corrected chi connectivity index (χ0v) is 15.1. The average Bonchev–Trinajstić information content (AvgIpc) is 3.30. The average molecular weight is 365 g/mol. The van der Waals surface area contributed by atoms with Gasteiger partial charge in [-0.25, -0.2) is 15.0 Å². The fourth-order valence-electron chi connectivity index (χ4n) is 2.61. The van der Waals surface area contributed by atoms with Crippen molar-refractivity contribution < 1.29 is 4.74 Å². The molecule has 0 fully saturated rings. The molecule has 0 aliphatic rings. The highest BCUT2D eigenvalue weighted by atomic mass is 16.5. The number of H-pyrrole nitrogens is 1. The van der Waals surface area contributed by atoms with E-state index in [0.717, 1.165) is 5.39 Å². The van der Waals surface area contributed by atoms with Gasteiger partial charge in [0, 0.05) is 19.4 Å². The lowest BCUT2D eigenvalue weighted by Gasteiger charge is -2.14. The van der Waals surface area contributed by atoms with Gasteiger partial charge in [0.2, 0.25) is 5.95 Å². The number of nitrogens with zero attached hydrogens (tertiary/aromatic N) is 6. The van der Waals surface area contributed by atoms with Crippen LogP contribution in [0.4, 0.5) is 17.6 Å². The number of hydrogen-bond acceptors (Lipinski definition) is 8. The Bertz CT molecular complexity index is 1050. The summed E-state index contributed by atoms with van der Waals surface area (Å²) >= 11 is 0. The second-order valence-corrected chi connectivity index (χ2v) is 6.03. The molecule has 0 bridgehead atoms. The van der Waals surface area contributed by atoms with E-state index in [1.807, 2.05) is 37.0 Å². The van der Waals surface area contributed by atoms with Crippen LogP contribution in [0.25, 0.3) is 11.0 Å². The number of methoxy groups -OCH3 is 1. The second-order valence-electron chi connectivity index (χ2n) is 6.03. The van der Waals surface area contributed by atoms with Crippen molar-refractivity contribution in [3.63, 3.8) is 0 Å². The molecule has 4 aromatic rings. The molecular weight excluding hydrogens is 346 g/mol. The van der Waals surface area contributed by atoms with Gasteiger partial charge in [0.15, 0.2) is 5.75 Å². The molecule has 138 valence electrons. The number of ether oxygens (including phenoxy) is 1. The monoisotopic (exact) mass is 365 g/mol. The molecule has 4 heterocycles. The standard InChI is InChI=1S/C17H19N9O/c1-10(14-19-6-11(27-3)7-20-14)22-17-24-15-12(4-5-18-15)16(25-17)23-13-8-26(2)9-21-13/h4-10H,1-3H3,(H3,18,22,23,24,25)/t10-/m0/s1. The number of nitrogens with one attached hydrogen (secondary N) is 3. The molecule has 0 amide bonds. The number of anilines is 3. The van der Waals surface area contributed by atoms with Crippen LogP contribution in [0.1, 0.15) is 18.8 Å². The van der Waals surface area contributed by atoms with Gasteiger partial charge < -0.3 is 24.9 Å². The fourth-order valence-corrected chi connectivity index (χ4v) is 2.61. The van der Waals surface area contributed by atoms with E-state index in [4.69, 9.17) is 4.74 Å². The number of rotatable bonds is 6. The molecule has 0 saturated heterocycles. The minimum Gasteiger partial charge on any atom is -0.494 e. The second kappa shape index (κ2) is 6.90. The maximum atomic E-state index is 5.09. The Balaban J connectivity index is 1.61. The number of aromatic nitrogens is 7. The summed E-state index contributed by atoms with van der Waals surface area (Å²) in [6.45, 7) is 1.94. The third-order valence-corrected chi connectivity index (χ3v) is 3.98. The fraction of sp³-hybridized carbons (Fsp3) is 0.235. The summed E-state index contributed by atoms with van der Waals surface area (Å²) in [6, 6.07) is 1.73. The smallest absolute Gasteiger partial charge is 0.227 e. The Morgan fingerprint density at radius 2 is 2.00 bits per heavy atom. The minimum absolute atomic E-state index is 0.189. The van der Waals surface area contributed by atoms with E-state index in [1.165, 1.54) is 0 Å². The first-order chi connectivity index (χ1) is 13.1. The molecule has 10 nitrogen and oxygen atoms in total. The van der Waals surface area contributed by atoms with Gasteiger partial charge in [0.25, 0.3) is 0 Å². The largest absolute Gasteiger partial charge is 0.494 e. The number of aryl methyl sites for hydroxylation is 1. The van der Waals surface area contributed by atoms with E-state index in [2.05, 4.69) is 40.5 Å². The molecule has 4 rings (SSSR count). The normalized spacial score (nSPS) is 12.1. The first-order valence-corrected chi connectivity index (χ1v) is 8.35. The number of imidazole rings is 1. The predicted octanol–water partition coefficient (Wildman–Crippen LogP) is 2.41. The Morgan fingerprint density at radius 1 is 1.19 bits per heavy atom. The summed E-state index contributed by atoms with van der Waals surface area (Å²) in [5.74, 6) is 3.04. The third kappa shape index (κ3) is 3.50. The highest BCUT2D eigenvalue weighted by Crippen LogP contribution is 2.25. The summed E-state index contributed by atoms with van der Waals surface area (Å²) in [5.41, 5.74) is 0.716. The predicted molar refractivity (Wildman–Crippen MR) is 101 cm³/mol. The molecule has 4 aromatic heterocycles. The van der Waals surface area contributed by atoms with Gasteiger partial charge in [0.1, 0.15) is 23.1 Å². The summed E-state index contributed by atoms with van der Waals surface area (Å²) in [5, 5.41) is 7.34. The molecule has 0 aliphatic carbocycles. The van der Waals surface area contributed by atoms with Crippen molar-refractivity contribution in [3.8, 4) is 5.75 Å². The summed E-state index contributed by atoms with van der Waals surface area (Å²) in [6.07, 6.45) is 8.68. The van der Waals surface area contributed by atoms with Crippen LogP contribution in [0.15, 0.2) is 37.2 Å². The van der Waals surface area contributed by atoms with Crippen LogP contribution in [0, 0.1) is 0 Å². The van der Waals surface area contributed by atoms with E-state index in [9.17, 15) is 0 Å². The van der Waals surface area contributed by atoms with Crippen molar-refractivity contribution in [3.05, 3.63) is 43.0 Å². The molecular formula is C17H19N9O. The number of hydrogen-bond donors (Lipinski definition) is 3. The van der Waals surface area contributed by atoms with Gasteiger partial charge in [0.05, 0.1) is 37.3 Å². The van der Waals surface area contributed by atoms with Crippen molar-refractivity contribution in [2.75, 3.05) is 17.7 Å². The van der Waals surface area contributed by atoms with Crippen LogP contribution in [0.5, 0.6) is 5.75 Å². The highest BCUT2D eigenvalue weighted by molar-refractivity contribution is 5.89. The van der Waals surface area contributed by atoms with Crippen molar-refractivity contribution >= 4 is 28.6 Å². The van der Waals surface area contributed by atoms with Gasteiger partial charge in [-0.3, -0.25) is 0 Å². The molecule has 10 heteroatoms. The Labute approximate surface area is 155 Å². The van der Waals surface area contributed by atoms with Crippen LogP contribution in [0.2, 0.25) is 0 Å². The molecule has 0 unspecified atom stereocenters. The quantitative estimate of drug-likeness (QED) is 0.477. The Kier molecular flexibility index (Phi) is 4.29. The maximum Gasteiger partial charge on any atom is 0.227 e. The molecule has 0 spiro atoms. The summed E-state index contributed by atoms with van der Waals surface area (Å²) < 4.78 is 6.95. The van der Waals surface area contributed by atoms with E-state index in [-0.39, 0.29) is 6.04 Å². The maximum absolute atomic E-state index is 5.09. The van der Waals surface area contributed by atoms with Gasteiger partial charge in [-0.15, -0.1) is 0 Å². The van der Waals surface area contributed by atoms with Crippen molar-refractivity contribution in [1.82, 2.24) is 34.5 Å². The van der Waals surface area contributed by atoms with Crippen molar-refractivity contribution in [1.29, 1.82) is 0 Å². The topological polar surface area (TPSA) is 118 Å². The van der Waals surface area contributed by atoms with Crippen molar-refractivity contribution in [2.24, 2.45) is 7.05 Å². The Hall–Kier alpha value is -3.69. The van der Waals surface area contributed by atoms with Crippen LogP contribution in [-0.2, 0) is 7.05 Å². The van der Waals surface area contributed by atoms with Gasteiger partial charge in [-0.2, -0.15) is 9.97 Å². The van der Waals surface area contributed by atoms with Gasteiger partial charge in [-0.05, 0) is 13.0 Å². The lowest BCUT2D eigenvalue weighted by atomic mass is 10.3. The zero-order chi connectivity index (χ0) is 18.8. The Morgan fingerprint density at radius 3 is 2.70 bits per heavy atom. The molecule has 0 aliphatic heterocycles.